The fourth-order valence-electron chi connectivity index (χ4n) is 0.300. The molecule has 0 fully saturated rings. The van der Waals surface area contributed by atoms with Gasteiger partial charge in [-0.05, 0) is 0 Å². The Morgan fingerprint density at radius 1 is 0.700 bits per heavy atom. The second-order valence-electron chi connectivity index (χ2n) is 2.13. The van der Waals surface area contributed by atoms with Gasteiger partial charge in [-0.25, -0.2) is 0 Å². The molecular formula is C5H14O4S. The number of aliphatic hydroxyl groups excluding tert-OH is 4. The topological polar surface area (TPSA) is 80.9 Å². The van der Waals surface area contributed by atoms with Crippen molar-refractivity contribution in [2.24, 2.45) is 5.41 Å². The molecular weight excluding hydrogens is 156 g/mol. The average Bonchev–Trinajstić information content (AvgIpc) is 1.95. The fraction of sp³-hybridized carbons (Fsp3) is 1.00. The summed E-state index contributed by atoms with van der Waals surface area (Å²) in [4.78, 5) is 0. The lowest BCUT2D eigenvalue weighted by molar-refractivity contribution is -0.0328. The number of aliphatic hydroxyl groups is 4. The summed E-state index contributed by atoms with van der Waals surface area (Å²) in [6, 6.07) is 0. The maximum atomic E-state index is 8.50. The summed E-state index contributed by atoms with van der Waals surface area (Å²) in [5.41, 5.74) is -1.11. The maximum absolute atomic E-state index is 8.50. The summed E-state index contributed by atoms with van der Waals surface area (Å²) in [6.45, 7) is -1.62. The molecule has 5 heteroatoms. The van der Waals surface area contributed by atoms with Crippen LogP contribution in [-0.4, -0.2) is 46.9 Å². The van der Waals surface area contributed by atoms with Crippen molar-refractivity contribution in [2.45, 2.75) is 0 Å². The molecule has 4 N–H and O–H groups in total. The maximum Gasteiger partial charge on any atom is 0.0627 e. The minimum atomic E-state index is -1.11. The van der Waals surface area contributed by atoms with Gasteiger partial charge in [0.25, 0.3) is 0 Å². The van der Waals surface area contributed by atoms with E-state index in [-0.39, 0.29) is 13.5 Å². The highest BCUT2D eigenvalue weighted by Gasteiger charge is 2.26. The van der Waals surface area contributed by atoms with Crippen molar-refractivity contribution in [3.63, 3.8) is 0 Å². The first-order chi connectivity index (χ1) is 4.24. The predicted molar refractivity (Wildman–Crippen MR) is 41.2 cm³/mol. The van der Waals surface area contributed by atoms with Crippen LogP contribution in [0.25, 0.3) is 0 Å². The molecule has 0 aromatic heterocycles. The second kappa shape index (κ2) is 5.94. The first-order valence-corrected chi connectivity index (χ1v) is 2.68. The molecule has 64 valence electrons. The molecule has 0 spiro atoms. The normalized spacial score (nSPS) is 10.8. The number of rotatable bonds is 4. The van der Waals surface area contributed by atoms with Gasteiger partial charge < -0.3 is 20.4 Å². The second-order valence-corrected chi connectivity index (χ2v) is 2.13. The van der Waals surface area contributed by atoms with Gasteiger partial charge in [-0.15, -0.1) is 0 Å². The van der Waals surface area contributed by atoms with Crippen LogP contribution >= 0.6 is 13.5 Å². The van der Waals surface area contributed by atoms with Gasteiger partial charge in [0.05, 0.1) is 31.8 Å². The van der Waals surface area contributed by atoms with Gasteiger partial charge in [-0.2, -0.15) is 13.5 Å². The molecule has 0 aliphatic carbocycles. The lowest BCUT2D eigenvalue weighted by Crippen LogP contribution is -2.37. The van der Waals surface area contributed by atoms with E-state index in [2.05, 4.69) is 0 Å². The van der Waals surface area contributed by atoms with Crippen LogP contribution in [0.15, 0.2) is 0 Å². The van der Waals surface area contributed by atoms with Gasteiger partial charge in [-0.3, -0.25) is 0 Å². The van der Waals surface area contributed by atoms with Crippen LogP contribution < -0.4 is 0 Å². The van der Waals surface area contributed by atoms with Crippen molar-refractivity contribution in [3.05, 3.63) is 0 Å². The van der Waals surface area contributed by atoms with E-state index in [1.54, 1.807) is 0 Å². The smallest absolute Gasteiger partial charge is 0.0627 e. The molecule has 0 aromatic carbocycles. The van der Waals surface area contributed by atoms with Gasteiger partial charge in [0.1, 0.15) is 0 Å². The highest BCUT2D eigenvalue weighted by molar-refractivity contribution is 7.59. The molecule has 4 nitrogen and oxygen atoms in total. The van der Waals surface area contributed by atoms with Crippen LogP contribution in [-0.2, 0) is 0 Å². The molecule has 0 bridgehead atoms. The predicted octanol–water partition coefficient (Wildman–Crippen LogP) is -1.95. The molecule has 0 aliphatic heterocycles. The van der Waals surface area contributed by atoms with Crippen LogP contribution in [0, 0.1) is 5.41 Å². The zero-order chi connectivity index (χ0) is 7.33. The Bertz CT molecular complexity index is 56.5. The Kier molecular flexibility index (Phi) is 7.62. The van der Waals surface area contributed by atoms with E-state index < -0.39 is 31.8 Å². The van der Waals surface area contributed by atoms with Crippen molar-refractivity contribution < 1.29 is 20.4 Å². The van der Waals surface area contributed by atoms with Gasteiger partial charge in [0.15, 0.2) is 0 Å². The minimum Gasteiger partial charge on any atom is -0.396 e. The highest BCUT2D eigenvalue weighted by Crippen LogP contribution is 2.11. The van der Waals surface area contributed by atoms with Crippen LogP contribution in [0.4, 0.5) is 0 Å². The minimum absolute atomic E-state index is 0. The van der Waals surface area contributed by atoms with E-state index in [4.69, 9.17) is 20.4 Å². The Morgan fingerprint density at radius 2 is 0.900 bits per heavy atom. The summed E-state index contributed by atoms with van der Waals surface area (Å²) in [6.07, 6.45) is 0. The molecule has 0 saturated heterocycles. The first kappa shape index (κ1) is 12.8. The molecule has 0 saturated carbocycles. The van der Waals surface area contributed by atoms with Crippen LogP contribution in [0.1, 0.15) is 0 Å². The molecule has 0 rings (SSSR count). The first-order valence-electron chi connectivity index (χ1n) is 2.68. The number of hydrogen-bond donors (Lipinski definition) is 4. The fourth-order valence-corrected chi connectivity index (χ4v) is 0.300. The summed E-state index contributed by atoms with van der Waals surface area (Å²) < 4.78 is 0. The van der Waals surface area contributed by atoms with Crippen LogP contribution in [0.2, 0.25) is 0 Å². The summed E-state index contributed by atoms with van der Waals surface area (Å²) in [5.74, 6) is 0. The van der Waals surface area contributed by atoms with Gasteiger partial charge in [0, 0.05) is 0 Å². The summed E-state index contributed by atoms with van der Waals surface area (Å²) in [5, 5.41) is 34.0. The van der Waals surface area contributed by atoms with Crippen molar-refractivity contribution in [1.82, 2.24) is 0 Å². The number of hydrogen-bond acceptors (Lipinski definition) is 4. The van der Waals surface area contributed by atoms with Crippen LogP contribution in [0.3, 0.4) is 0 Å². The third-order valence-electron chi connectivity index (χ3n) is 1.34. The molecule has 0 amide bonds. The van der Waals surface area contributed by atoms with Crippen molar-refractivity contribution in [2.75, 3.05) is 26.4 Å². The summed E-state index contributed by atoms with van der Waals surface area (Å²) in [7, 11) is 0. The zero-order valence-electron chi connectivity index (χ0n) is 5.62. The lowest BCUT2D eigenvalue weighted by Gasteiger charge is -2.23. The third kappa shape index (κ3) is 2.85. The summed E-state index contributed by atoms with van der Waals surface area (Å²) >= 11 is 0. The van der Waals surface area contributed by atoms with E-state index in [0.717, 1.165) is 0 Å². The van der Waals surface area contributed by atoms with E-state index in [1.807, 2.05) is 0 Å². The molecule has 0 aromatic rings. The monoisotopic (exact) mass is 170 g/mol. The Hall–Kier alpha value is 0.190. The Labute approximate surface area is 66.6 Å². The standard InChI is InChI=1S/C5H12O4.H2S/c6-1-5(2-7,3-8)4-9;/h6-9H,1-4H2;1H2. The van der Waals surface area contributed by atoms with Crippen molar-refractivity contribution >= 4 is 13.5 Å². The lowest BCUT2D eigenvalue weighted by atomic mass is 9.93. The molecule has 0 aliphatic rings. The zero-order valence-corrected chi connectivity index (χ0v) is 6.62. The van der Waals surface area contributed by atoms with E-state index in [0.29, 0.717) is 0 Å². The molecule has 0 atom stereocenters. The van der Waals surface area contributed by atoms with Gasteiger partial charge in [0.2, 0.25) is 0 Å². The molecule has 0 unspecified atom stereocenters. The van der Waals surface area contributed by atoms with E-state index >= 15 is 0 Å². The molecule has 0 heterocycles. The highest BCUT2D eigenvalue weighted by atomic mass is 32.1. The van der Waals surface area contributed by atoms with Gasteiger partial charge >= 0.3 is 0 Å². The van der Waals surface area contributed by atoms with E-state index in [1.165, 1.54) is 0 Å². The Balaban J connectivity index is 0. The SMILES string of the molecule is OCC(CO)(CO)CO.S. The third-order valence-corrected chi connectivity index (χ3v) is 1.34. The van der Waals surface area contributed by atoms with Gasteiger partial charge in [-0.1, -0.05) is 0 Å². The molecule has 10 heavy (non-hydrogen) atoms. The van der Waals surface area contributed by atoms with E-state index in [9.17, 15) is 0 Å². The Morgan fingerprint density at radius 3 is 0.900 bits per heavy atom. The average molecular weight is 170 g/mol. The van der Waals surface area contributed by atoms with Crippen molar-refractivity contribution in [3.8, 4) is 0 Å². The van der Waals surface area contributed by atoms with Crippen molar-refractivity contribution in [1.29, 1.82) is 0 Å². The quantitative estimate of drug-likeness (QED) is 0.395. The van der Waals surface area contributed by atoms with Crippen LogP contribution in [0.5, 0.6) is 0 Å². The largest absolute Gasteiger partial charge is 0.396 e. The molecule has 0 radical (unpaired) electrons.